The molecular weight excluding hydrogens is 342 g/mol. The van der Waals surface area contributed by atoms with Gasteiger partial charge in [-0.1, -0.05) is 38.1 Å². The summed E-state index contributed by atoms with van der Waals surface area (Å²) >= 11 is 0. The summed E-state index contributed by atoms with van der Waals surface area (Å²) in [4.78, 5) is 28.3. The van der Waals surface area contributed by atoms with Gasteiger partial charge in [-0.25, -0.2) is 4.79 Å². The predicted molar refractivity (Wildman–Crippen MR) is 106 cm³/mol. The van der Waals surface area contributed by atoms with E-state index < -0.39 is 0 Å². The molecule has 0 aromatic heterocycles. The number of piperidine rings is 1. The van der Waals surface area contributed by atoms with Crippen LogP contribution in [-0.2, 0) is 22.6 Å². The molecule has 150 valence electrons. The topological polar surface area (TPSA) is 61.9 Å². The molecular formula is C21H33N3O3. The minimum absolute atomic E-state index is 0.0653. The largest absolute Gasteiger partial charge is 0.466 e. The van der Waals surface area contributed by atoms with Gasteiger partial charge in [0.1, 0.15) is 0 Å². The first kappa shape index (κ1) is 21.2. The van der Waals surface area contributed by atoms with Gasteiger partial charge in [0.05, 0.1) is 12.5 Å². The van der Waals surface area contributed by atoms with E-state index in [2.05, 4.69) is 48.3 Å². The van der Waals surface area contributed by atoms with E-state index >= 15 is 0 Å². The molecule has 1 N–H and O–H groups in total. The lowest BCUT2D eigenvalue weighted by molar-refractivity contribution is -0.149. The summed E-state index contributed by atoms with van der Waals surface area (Å²) in [6, 6.07) is 8.34. The summed E-state index contributed by atoms with van der Waals surface area (Å²) in [7, 11) is 0. The first-order valence-corrected chi connectivity index (χ1v) is 10.1. The minimum Gasteiger partial charge on any atom is -0.466 e. The Morgan fingerprint density at radius 3 is 2.22 bits per heavy atom. The molecule has 0 bridgehead atoms. The molecule has 1 aliphatic rings. The summed E-state index contributed by atoms with van der Waals surface area (Å²) in [5, 5.41) is 2.98. The molecule has 0 spiro atoms. The first-order valence-electron chi connectivity index (χ1n) is 10.1. The van der Waals surface area contributed by atoms with E-state index in [9.17, 15) is 9.59 Å². The maximum atomic E-state index is 12.4. The third kappa shape index (κ3) is 6.54. The Hall–Kier alpha value is -2.08. The summed E-state index contributed by atoms with van der Waals surface area (Å²) in [5.74, 6) is -0.213. The second-order valence-electron chi connectivity index (χ2n) is 6.95. The molecule has 0 atom stereocenters. The summed E-state index contributed by atoms with van der Waals surface area (Å²) < 4.78 is 5.07. The van der Waals surface area contributed by atoms with Gasteiger partial charge in [0.15, 0.2) is 0 Å². The Morgan fingerprint density at radius 2 is 1.67 bits per heavy atom. The fourth-order valence-electron chi connectivity index (χ4n) is 3.34. The van der Waals surface area contributed by atoms with Gasteiger partial charge >= 0.3 is 12.0 Å². The number of hydrogen-bond acceptors (Lipinski definition) is 4. The van der Waals surface area contributed by atoms with Crippen LogP contribution in [0.25, 0.3) is 0 Å². The number of benzene rings is 1. The molecule has 1 fully saturated rings. The van der Waals surface area contributed by atoms with Crippen molar-refractivity contribution >= 4 is 12.0 Å². The minimum atomic E-state index is -0.137. The van der Waals surface area contributed by atoms with Crippen molar-refractivity contribution in [3.05, 3.63) is 35.4 Å². The highest BCUT2D eigenvalue weighted by Gasteiger charge is 2.28. The number of likely N-dealkylation sites (tertiary alicyclic amines) is 1. The molecule has 1 aromatic rings. The van der Waals surface area contributed by atoms with E-state index in [1.165, 1.54) is 5.56 Å². The monoisotopic (exact) mass is 375 g/mol. The van der Waals surface area contributed by atoms with Crippen LogP contribution >= 0.6 is 0 Å². The van der Waals surface area contributed by atoms with Gasteiger partial charge < -0.3 is 15.0 Å². The predicted octanol–water partition coefficient (Wildman–Crippen LogP) is 3.01. The van der Waals surface area contributed by atoms with Gasteiger partial charge in [0.25, 0.3) is 0 Å². The van der Waals surface area contributed by atoms with E-state index in [0.29, 0.717) is 39.1 Å². The Bertz CT molecular complexity index is 591. The average molecular weight is 376 g/mol. The summed E-state index contributed by atoms with van der Waals surface area (Å²) in [6.07, 6.45) is 1.35. The summed E-state index contributed by atoms with van der Waals surface area (Å²) in [6.45, 7) is 11.3. The molecule has 1 saturated heterocycles. The van der Waals surface area contributed by atoms with Crippen LogP contribution in [0.5, 0.6) is 0 Å². The Balaban J connectivity index is 1.75. The van der Waals surface area contributed by atoms with Crippen LogP contribution in [0, 0.1) is 5.92 Å². The number of carbonyl (C=O) groups excluding carboxylic acids is 2. The highest BCUT2D eigenvalue weighted by Crippen LogP contribution is 2.18. The number of urea groups is 1. The van der Waals surface area contributed by atoms with E-state index in [1.807, 2.05) is 6.92 Å². The molecule has 1 heterocycles. The first-order chi connectivity index (χ1) is 13.1. The molecule has 0 aliphatic carbocycles. The number of hydrogen-bond donors (Lipinski definition) is 1. The van der Waals surface area contributed by atoms with Gasteiger partial charge in [-0.15, -0.1) is 0 Å². The lowest BCUT2D eigenvalue weighted by atomic mass is 9.97. The number of rotatable bonds is 8. The van der Waals surface area contributed by atoms with E-state index in [-0.39, 0.29) is 17.9 Å². The smallest absolute Gasteiger partial charge is 0.317 e. The number of nitrogens with zero attached hydrogens (tertiary/aromatic N) is 2. The number of esters is 1. The third-order valence-electron chi connectivity index (χ3n) is 5.17. The SMILES string of the molecule is CCOC(=O)C1CCN(C(=O)NCc2ccc(CN(CC)CC)cc2)CC1. The van der Waals surface area contributed by atoms with E-state index in [1.54, 1.807) is 4.90 Å². The van der Waals surface area contributed by atoms with E-state index in [0.717, 1.165) is 25.2 Å². The molecule has 6 heteroatoms. The number of nitrogens with one attached hydrogen (secondary N) is 1. The average Bonchev–Trinajstić information content (AvgIpc) is 2.71. The molecule has 0 saturated carbocycles. The van der Waals surface area contributed by atoms with Crippen LogP contribution in [0.4, 0.5) is 4.79 Å². The molecule has 1 aliphatic heterocycles. The fourth-order valence-corrected chi connectivity index (χ4v) is 3.34. The van der Waals surface area contributed by atoms with Crippen molar-refractivity contribution in [1.29, 1.82) is 0 Å². The Morgan fingerprint density at radius 1 is 1.07 bits per heavy atom. The Labute approximate surface area is 162 Å². The second-order valence-corrected chi connectivity index (χ2v) is 6.95. The normalized spacial score (nSPS) is 15.0. The van der Waals surface area contributed by atoms with Gasteiger partial charge in [0, 0.05) is 26.2 Å². The highest BCUT2D eigenvalue weighted by atomic mass is 16.5. The third-order valence-corrected chi connectivity index (χ3v) is 5.17. The van der Waals surface area contributed by atoms with Crippen molar-refractivity contribution in [2.75, 3.05) is 32.8 Å². The number of ether oxygens (including phenoxy) is 1. The molecule has 2 rings (SSSR count). The molecule has 27 heavy (non-hydrogen) atoms. The summed E-state index contributed by atoms with van der Waals surface area (Å²) in [5.41, 5.74) is 2.38. The van der Waals surface area contributed by atoms with Gasteiger partial charge in [0.2, 0.25) is 0 Å². The van der Waals surface area contributed by atoms with Crippen molar-refractivity contribution in [3.8, 4) is 0 Å². The highest BCUT2D eigenvalue weighted by molar-refractivity contribution is 5.76. The molecule has 1 aromatic carbocycles. The quantitative estimate of drug-likeness (QED) is 0.710. The number of carbonyl (C=O) groups is 2. The molecule has 0 radical (unpaired) electrons. The standard InChI is InChI=1S/C21H33N3O3/c1-4-23(5-2)16-18-9-7-17(8-10-18)15-22-21(26)24-13-11-19(12-14-24)20(25)27-6-3/h7-10,19H,4-6,11-16H2,1-3H3,(H,22,26). The maximum absolute atomic E-state index is 12.4. The second kappa shape index (κ2) is 10.9. The zero-order chi connectivity index (χ0) is 19.6. The molecule has 0 unspecified atom stereocenters. The maximum Gasteiger partial charge on any atom is 0.317 e. The zero-order valence-corrected chi connectivity index (χ0v) is 16.9. The Kier molecular flexibility index (Phi) is 8.58. The van der Waals surface area contributed by atoms with E-state index in [4.69, 9.17) is 4.74 Å². The van der Waals surface area contributed by atoms with Crippen molar-refractivity contribution in [3.63, 3.8) is 0 Å². The van der Waals surface area contributed by atoms with Crippen LogP contribution in [-0.4, -0.2) is 54.6 Å². The van der Waals surface area contributed by atoms with Crippen molar-refractivity contribution in [2.45, 2.75) is 46.7 Å². The van der Waals surface area contributed by atoms with Crippen LogP contribution in [0.3, 0.4) is 0 Å². The zero-order valence-electron chi connectivity index (χ0n) is 16.9. The van der Waals surface area contributed by atoms with Gasteiger partial charge in [-0.05, 0) is 44.0 Å². The lowest BCUT2D eigenvalue weighted by Crippen LogP contribution is -2.45. The van der Waals surface area contributed by atoms with Gasteiger partial charge in [-0.2, -0.15) is 0 Å². The van der Waals surface area contributed by atoms with Crippen molar-refractivity contribution in [1.82, 2.24) is 15.1 Å². The molecule has 6 nitrogen and oxygen atoms in total. The van der Waals surface area contributed by atoms with Crippen molar-refractivity contribution < 1.29 is 14.3 Å². The van der Waals surface area contributed by atoms with Crippen molar-refractivity contribution in [2.24, 2.45) is 5.92 Å². The van der Waals surface area contributed by atoms with Crippen LogP contribution < -0.4 is 5.32 Å². The number of amides is 2. The lowest BCUT2D eigenvalue weighted by Gasteiger charge is -2.30. The van der Waals surface area contributed by atoms with Crippen LogP contribution in [0.15, 0.2) is 24.3 Å². The van der Waals surface area contributed by atoms with Gasteiger partial charge in [-0.3, -0.25) is 9.69 Å². The molecule has 2 amide bonds. The van der Waals surface area contributed by atoms with Crippen LogP contribution in [0.2, 0.25) is 0 Å². The van der Waals surface area contributed by atoms with Crippen LogP contribution in [0.1, 0.15) is 44.7 Å². The fraction of sp³-hybridized carbons (Fsp3) is 0.619.